The molecule has 14 heavy (non-hydrogen) atoms. The van der Waals surface area contributed by atoms with Crippen molar-refractivity contribution in [2.75, 3.05) is 0 Å². The minimum atomic E-state index is 1.15. The van der Waals surface area contributed by atoms with E-state index in [1.165, 1.54) is 5.56 Å². The number of rotatable bonds is 2. The first kappa shape index (κ1) is 15.2. The Hall–Kier alpha value is -1.24. The molecule has 0 atom stereocenters. The molecule has 0 fully saturated rings. The van der Waals surface area contributed by atoms with Crippen molar-refractivity contribution >= 4 is 6.08 Å². The van der Waals surface area contributed by atoms with Crippen LogP contribution in [0.2, 0.25) is 0 Å². The van der Waals surface area contributed by atoms with Gasteiger partial charge in [-0.1, -0.05) is 46.4 Å². The molecule has 1 rings (SSSR count). The molecule has 0 spiro atoms. The van der Waals surface area contributed by atoms with Crippen LogP contribution < -0.4 is 0 Å². The van der Waals surface area contributed by atoms with Crippen molar-refractivity contribution in [2.45, 2.75) is 34.6 Å². The third kappa shape index (κ3) is 6.30. The molecule has 1 heteroatoms. The summed E-state index contributed by atoms with van der Waals surface area (Å²) in [6.45, 7) is 13.7. The predicted molar refractivity (Wildman–Crippen MR) is 67.5 cm³/mol. The Balaban J connectivity index is 0. The molecule has 1 aromatic rings. The molecule has 1 heterocycles. The van der Waals surface area contributed by atoms with Crippen LogP contribution in [0.1, 0.15) is 39.0 Å². The molecule has 0 bridgehead atoms. The van der Waals surface area contributed by atoms with Gasteiger partial charge in [0.1, 0.15) is 0 Å². The van der Waals surface area contributed by atoms with Gasteiger partial charge in [0.2, 0.25) is 0 Å². The maximum atomic E-state index is 3.59. The zero-order valence-corrected chi connectivity index (χ0v) is 10.1. The van der Waals surface area contributed by atoms with Crippen LogP contribution in [-0.2, 0) is 0 Å². The van der Waals surface area contributed by atoms with Gasteiger partial charge >= 0.3 is 0 Å². The van der Waals surface area contributed by atoms with E-state index in [1.807, 2.05) is 52.1 Å². The second-order valence-electron chi connectivity index (χ2n) is 2.17. The number of hydrogen-bond acceptors (Lipinski definition) is 0. The molecule has 80 valence electrons. The van der Waals surface area contributed by atoms with Crippen molar-refractivity contribution in [3.8, 4) is 0 Å². The van der Waals surface area contributed by atoms with Crippen LogP contribution in [0.3, 0.4) is 0 Å². The molecule has 0 unspecified atom stereocenters. The third-order valence-electron chi connectivity index (χ3n) is 1.40. The van der Waals surface area contributed by atoms with E-state index in [9.17, 15) is 0 Å². The van der Waals surface area contributed by atoms with Gasteiger partial charge in [-0.3, -0.25) is 0 Å². The average Bonchev–Trinajstić information content (AvgIpc) is 2.67. The Morgan fingerprint density at radius 3 is 2.14 bits per heavy atom. The Morgan fingerprint density at radius 1 is 1.21 bits per heavy atom. The van der Waals surface area contributed by atoms with Gasteiger partial charge < -0.3 is 4.98 Å². The quantitative estimate of drug-likeness (QED) is 0.662. The van der Waals surface area contributed by atoms with Gasteiger partial charge in [-0.15, -0.1) is 0 Å². The van der Waals surface area contributed by atoms with Crippen molar-refractivity contribution in [3.05, 3.63) is 42.3 Å². The molecule has 1 N–H and O–H groups in total. The number of aromatic amines is 1. The summed E-state index contributed by atoms with van der Waals surface area (Å²) in [6.07, 6.45) is 7.61. The molecule has 0 aliphatic rings. The summed E-state index contributed by atoms with van der Waals surface area (Å²) < 4.78 is 0. The number of nitrogens with one attached hydrogen (secondary N) is 1. The first-order chi connectivity index (χ1) is 6.84. The lowest BCUT2D eigenvalue weighted by Gasteiger charge is -1.86. The molecular weight excluding hydrogens is 170 g/mol. The molecule has 0 aliphatic heterocycles. The molecule has 0 aliphatic carbocycles. The second-order valence-corrected chi connectivity index (χ2v) is 2.17. The molecule has 1 nitrogen and oxygen atoms in total. The van der Waals surface area contributed by atoms with Crippen LogP contribution in [0.4, 0.5) is 0 Å². The molecule has 0 aromatic carbocycles. The maximum Gasteiger partial charge on any atom is 0.0409 e. The van der Waals surface area contributed by atoms with Gasteiger partial charge in [0.05, 0.1) is 0 Å². The van der Waals surface area contributed by atoms with E-state index in [4.69, 9.17) is 0 Å². The largest absolute Gasteiger partial charge is 0.361 e. The van der Waals surface area contributed by atoms with Crippen LogP contribution >= 0.6 is 0 Å². The summed E-state index contributed by atoms with van der Waals surface area (Å²) in [6, 6.07) is 2.04. The van der Waals surface area contributed by atoms with E-state index in [2.05, 4.69) is 18.5 Å². The summed E-state index contributed by atoms with van der Waals surface area (Å²) >= 11 is 0. The smallest absolute Gasteiger partial charge is 0.0409 e. The number of aromatic nitrogens is 1. The standard InChI is InChI=1S/C9H11N.2C2H6/c1-3-4-5-9-8(2)6-7-10-9;2*1-2/h3-7,10H,1H2,2H3;2*1-2H3/b5-4-;;. The van der Waals surface area contributed by atoms with Gasteiger partial charge in [0.15, 0.2) is 0 Å². The minimum absolute atomic E-state index is 1.15. The van der Waals surface area contributed by atoms with Gasteiger partial charge in [-0.25, -0.2) is 0 Å². The number of allylic oxidation sites excluding steroid dienone is 2. The number of hydrogen-bond donors (Lipinski definition) is 1. The first-order valence-corrected chi connectivity index (χ1v) is 5.27. The lowest BCUT2D eigenvalue weighted by Crippen LogP contribution is -1.72. The van der Waals surface area contributed by atoms with Crippen LogP contribution in [0.25, 0.3) is 6.08 Å². The normalized spacial score (nSPS) is 8.36. The third-order valence-corrected chi connectivity index (χ3v) is 1.40. The minimum Gasteiger partial charge on any atom is -0.361 e. The molecule has 0 saturated carbocycles. The van der Waals surface area contributed by atoms with Crippen LogP contribution in [0.5, 0.6) is 0 Å². The van der Waals surface area contributed by atoms with Crippen molar-refractivity contribution < 1.29 is 0 Å². The van der Waals surface area contributed by atoms with E-state index in [1.54, 1.807) is 6.08 Å². The van der Waals surface area contributed by atoms with Crippen LogP contribution in [0, 0.1) is 6.92 Å². The summed E-state index contributed by atoms with van der Waals surface area (Å²) in [7, 11) is 0. The van der Waals surface area contributed by atoms with Crippen molar-refractivity contribution in [3.63, 3.8) is 0 Å². The van der Waals surface area contributed by atoms with E-state index in [-0.39, 0.29) is 0 Å². The molecule has 1 aromatic heterocycles. The topological polar surface area (TPSA) is 15.8 Å². The van der Waals surface area contributed by atoms with Gasteiger partial charge in [0, 0.05) is 11.9 Å². The molecule has 0 saturated heterocycles. The molecule has 0 amide bonds. The summed E-state index contributed by atoms with van der Waals surface area (Å²) in [5.74, 6) is 0. The molecule has 0 radical (unpaired) electrons. The highest BCUT2D eigenvalue weighted by molar-refractivity contribution is 5.50. The monoisotopic (exact) mass is 193 g/mol. The highest BCUT2D eigenvalue weighted by Gasteiger charge is 1.90. The average molecular weight is 193 g/mol. The van der Waals surface area contributed by atoms with Crippen LogP contribution in [0.15, 0.2) is 31.0 Å². The lowest BCUT2D eigenvalue weighted by atomic mass is 10.2. The SMILES string of the molecule is C=C/C=C\c1[nH]ccc1C.CC.CC. The zero-order chi connectivity index (χ0) is 11.4. The Bertz CT molecular complexity index is 243. The van der Waals surface area contributed by atoms with E-state index in [0.717, 1.165) is 5.69 Å². The Kier molecular flexibility index (Phi) is 12.8. The zero-order valence-electron chi connectivity index (χ0n) is 10.1. The lowest BCUT2D eigenvalue weighted by molar-refractivity contribution is 1.34. The fourth-order valence-electron chi connectivity index (χ4n) is 0.804. The second kappa shape index (κ2) is 11.8. The Morgan fingerprint density at radius 2 is 1.79 bits per heavy atom. The van der Waals surface area contributed by atoms with Crippen LogP contribution in [-0.4, -0.2) is 4.98 Å². The highest BCUT2D eigenvalue weighted by Crippen LogP contribution is 2.05. The highest BCUT2D eigenvalue weighted by atomic mass is 14.7. The number of H-pyrrole nitrogens is 1. The summed E-state index contributed by atoms with van der Waals surface area (Å²) in [5.41, 5.74) is 2.41. The van der Waals surface area contributed by atoms with E-state index < -0.39 is 0 Å². The van der Waals surface area contributed by atoms with Crippen molar-refractivity contribution in [1.29, 1.82) is 0 Å². The molecular formula is C13H23N. The predicted octanol–water partition coefficient (Wildman–Crippen LogP) is 4.57. The van der Waals surface area contributed by atoms with Crippen molar-refractivity contribution in [2.24, 2.45) is 0 Å². The fourth-order valence-corrected chi connectivity index (χ4v) is 0.804. The van der Waals surface area contributed by atoms with Gasteiger partial charge in [0.25, 0.3) is 0 Å². The van der Waals surface area contributed by atoms with E-state index >= 15 is 0 Å². The maximum absolute atomic E-state index is 3.59. The Labute approximate surface area is 88.6 Å². The fraction of sp³-hybridized carbons (Fsp3) is 0.385. The first-order valence-electron chi connectivity index (χ1n) is 5.27. The van der Waals surface area contributed by atoms with Gasteiger partial charge in [-0.05, 0) is 24.6 Å². The number of aryl methyl sites for hydroxylation is 1. The van der Waals surface area contributed by atoms with Gasteiger partial charge in [-0.2, -0.15) is 0 Å². The van der Waals surface area contributed by atoms with Crippen molar-refractivity contribution in [1.82, 2.24) is 4.98 Å². The summed E-state index contributed by atoms with van der Waals surface area (Å²) in [4.78, 5) is 3.11. The van der Waals surface area contributed by atoms with E-state index in [0.29, 0.717) is 0 Å². The summed E-state index contributed by atoms with van der Waals surface area (Å²) in [5, 5.41) is 0.